The molecule has 29 heavy (non-hydrogen) atoms. The molecule has 1 aliphatic carbocycles. The molecule has 8 heteroatoms. The Kier molecular flexibility index (Phi) is 6.34. The van der Waals surface area contributed by atoms with Crippen LogP contribution in [-0.2, 0) is 27.9 Å². The van der Waals surface area contributed by atoms with Crippen molar-refractivity contribution in [1.82, 2.24) is 14.5 Å². The molecule has 0 unspecified atom stereocenters. The van der Waals surface area contributed by atoms with Crippen molar-refractivity contribution in [1.29, 1.82) is 0 Å². The molecule has 1 aliphatic heterocycles. The molecule has 6 nitrogen and oxygen atoms in total. The summed E-state index contributed by atoms with van der Waals surface area (Å²) in [5, 5.41) is 4.39. The van der Waals surface area contributed by atoms with E-state index in [1.165, 1.54) is 9.87 Å². The summed E-state index contributed by atoms with van der Waals surface area (Å²) in [6.07, 6.45) is 2.31. The monoisotopic (exact) mass is 433 g/mol. The average Bonchev–Trinajstić information content (AvgIpc) is 3.20. The molecule has 1 amide bonds. The number of rotatable bonds is 9. The SMILES string of the molecule is O=C(CN(C1CC1)S(=O)(=O)[C@H]1CCN(Cc2ccccc2)C1)NCc1cccs1. The molecule has 2 heterocycles. The van der Waals surface area contributed by atoms with E-state index >= 15 is 0 Å². The van der Waals surface area contributed by atoms with Crippen LogP contribution in [0.5, 0.6) is 0 Å². The second-order valence-corrected chi connectivity index (χ2v) is 11.0. The van der Waals surface area contributed by atoms with Crippen molar-refractivity contribution in [3.63, 3.8) is 0 Å². The van der Waals surface area contributed by atoms with Crippen LogP contribution in [0.3, 0.4) is 0 Å². The molecule has 4 rings (SSSR count). The lowest BCUT2D eigenvalue weighted by molar-refractivity contribution is -0.121. The van der Waals surface area contributed by atoms with Crippen LogP contribution >= 0.6 is 11.3 Å². The molecule has 0 spiro atoms. The highest BCUT2D eigenvalue weighted by atomic mass is 32.2. The van der Waals surface area contributed by atoms with Gasteiger partial charge in [0.1, 0.15) is 0 Å². The number of carbonyl (C=O) groups is 1. The molecule has 1 saturated heterocycles. The molecule has 2 aliphatic rings. The van der Waals surface area contributed by atoms with Crippen LogP contribution in [0.1, 0.15) is 29.7 Å². The first-order chi connectivity index (χ1) is 14.0. The average molecular weight is 434 g/mol. The summed E-state index contributed by atoms with van der Waals surface area (Å²) in [5.41, 5.74) is 1.19. The van der Waals surface area contributed by atoms with Gasteiger partial charge >= 0.3 is 0 Å². The summed E-state index contributed by atoms with van der Waals surface area (Å²) in [6.45, 7) is 2.42. The lowest BCUT2D eigenvalue weighted by atomic mass is 10.2. The van der Waals surface area contributed by atoms with E-state index in [0.29, 0.717) is 19.5 Å². The van der Waals surface area contributed by atoms with E-state index in [1.54, 1.807) is 11.3 Å². The van der Waals surface area contributed by atoms with E-state index in [-0.39, 0.29) is 18.5 Å². The van der Waals surface area contributed by atoms with Gasteiger partial charge in [-0.25, -0.2) is 8.42 Å². The van der Waals surface area contributed by atoms with E-state index < -0.39 is 15.3 Å². The van der Waals surface area contributed by atoms with Gasteiger partial charge in [0.2, 0.25) is 15.9 Å². The Bertz CT molecular complexity index is 912. The number of amides is 1. The maximum absolute atomic E-state index is 13.3. The Balaban J connectivity index is 1.35. The fourth-order valence-corrected chi connectivity index (χ4v) is 6.56. The fraction of sp³-hybridized carbons (Fsp3) is 0.476. The van der Waals surface area contributed by atoms with Gasteiger partial charge in [-0.3, -0.25) is 9.69 Å². The number of hydrogen-bond acceptors (Lipinski definition) is 5. The van der Waals surface area contributed by atoms with E-state index in [1.807, 2.05) is 35.7 Å². The highest BCUT2D eigenvalue weighted by Crippen LogP contribution is 2.32. The summed E-state index contributed by atoms with van der Waals surface area (Å²) < 4.78 is 28.1. The van der Waals surface area contributed by atoms with Crippen LogP contribution in [0.25, 0.3) is 0 Å². The van der Waals surface area contributed by atoms with Crippen molar-refractivity contribution < 1.29 is 13.2 Å². The maximum Gasteiger partial charge on any atom is 0.235 e. The van der Waals surface area contributed by atoms with Gasteiger partial charge in [-0.2, -0.15) is 4.31 Å². The molecule has 156 valence electrons. The van der Waals surface area contributed by atoms with Gasteiger partial charge < -0.3 is 5.32 Å². The van der Waals surface area contributed by atoms with Crippen molar-refractivity contribution in [2.24, 2.45) is 0 Å². The van der Waals surface area contributed by atoms with Crippen molar-refractivity contribution >= 4 is 27.3 Å². The molecule has 1 N–H and O–H groups in total. The number of sulfonamides is 1. The van der Waals surface area contributed by atoms with Crippen LogP contribution in [0.4, 0.5) is 0 Å². The highest BCUT2D eigenvalue weighted by Gasteiger charge is 2.44. The van der Waals surface area contributed by atoms with Gasteiger partial charge in [0.25, 0.3) is 0 Å². The van der Waals surface area contributed by atoms with Gasteiger partial charge in [-0.1, -0.05) is 36.4 Å². The minimum Gasteiger partial charge on any atom is -0.350 e. The third-order valence-corrected chi connectivity index (χ3v) is 8.70. The second-order valence-electron chi connectivity index (χ2n) is 7.81. The Morgan fingerprint density at radius 2 is 1.93 bits per heavy atom. The Morgan fingerprint density at radius 1 is 1.14 bits per heavy atom. The minimum atomic E-state index is -3.50. The van der Waals surface area contributed by atoms with Crippen LogP contribution in [0.15, 0.2) is 47.8 Å². The van der Waals surface area contributed by atoms with E-state index in [2.05, 4.69) is 22.3 Å². The smallest absolute Gasteiger partial charge is 0.235 e. The lowest BCUT2D eigenvalue weighted by Crippen LogP contribution is -2.46. The normalized spacial score (nSPS) is 20.2. The van der Waals surface area contributed by atoms with E-state index in [9.17, 15) is 13.2 Å². The molecule has 2 fully saturated rings. The van der Waals surface area contributed by atoms with Crippen LogP contribution in [0.2, 0.25) is 0 Å². The van der Waals surface area contributed by atoms with E-state index in [0.717, 1.165) is 30.8 Å². The lowest BCUT2D eigenvalue weighted by Gasteiger charge is -2.25. The summed E-state index contributed by atoms with van der Waals surface area (Å²) in [6, 6.07) is 14.0. The molecule has 1 atom stereocenters. The Labute approximate surface area is 176 Å². The standard InChI is InChI=1S/C21H27N3O3S2/c25-21(22-13-19-7-4-12-28-19)16-24(18-8-9-18)29(26,27)20-10-11-23(15-20)14-17-5-2-1-3-6-17/h1-7,12,18,20H,8-11,13-16H2,(H,22,25)/t20-/m0/s1. The first-order valence-corrected chi connectivity index (χ1v) is 12.5. The zero-order valence-electron chi connectivity index (χ0n) is 16.4. The van der Waals surface area contributed by atoms with Crippen molar-refractivity contribution in [2.45, 2.75) is 43.6 Å². The second kappa shape index (κ2) is 8.95. The van der Waals surface area contributed by atoms with Gasteiger partial charge in [-0.15, -0.1) is 11.3 Å². The van der Waals surface area contributed by atoms with Gasteiger partial charge in [-0.05, 0) is 42.8 Å². The number of hydrogen-bond donors (Lipinski definition) is 1. The van der Waals surface area contributed by atoms with Crippen molar-refractivity contribution in [3.8, 4) is 0 Å². The van der Waals surface area contributed by atoms with Crippen molar-refractivity contribution in [3.05, 3.63) is 58.3 Å². The predicted octanol–water partition coefficient (Wildman–Crippen LogP) is 2.43. The molecule has 0 radical (unpaired) electrons. The molecular weight excluding hydrogens is 406 g/mol. The number of nitrogens with zero attached hydrogens (tertiary/aromatic N) is 2. The molecule has 1 aromatic carbocycles. The Morgan fingerprint density at radius 3 is 2.62 bits per heavy atom. The maximum atomic E-state index is 13.3. The summed E-state index contributed by atoms with van der Waals surface area (Å²) in [7, 11) is -3.50. The number of likely N-dealkylation sites (tertiary alicyclic amines) is 1. The third kappa shape index (κ3) is 5.25. The topological polar surface area (TPSA) is 69.7 Å². The quantitative estimate of drug-likeness (QED) is 0.659. The molecule has 2 aromatic rings. The number of thiophene rings is 1. The molecule has 1 aromatic heterocycles. The minimum absolute atomic E-state index is 0.0179. The van der Waals surface area contributed by atoms with Gasteiger partial charge in [0.05, 0.1) is 18.3 Å². The first-order valence-electron chi connectivity index (χ1n) is 10.1. The van der Waals surface area contributed by atoms with Crippen LogP contribution in [0, 0.1) is 0 Å². The summed E-state index contributed by atoms with van der Waals surface area (Å²) >= 11 is 1.58. The first kappa shape index (κ1) is 20.5. The number of carbonyl (C=O) groups excluding carboxylic acids is 1. The highest BCUT2D eigenvalue weighted by molar-refractivity contribution is 7.89. The van der Waals surface area contributed by atoms with Crippen LogP contribution in [-0.4, -0.2) is 54.5 Å². The molecule has 0 bridgehead atoms. The molecule has 1 saturated carbocycles. The molecular formula is C21H27N3O3S2. The summed E-state index contributed by atoms with van der Waals surface area (Å²) in [4.78, 5) is 15.7. The van der Waals surface area contributed by atoms with Gasteiger partial charge in [0.15, 0.2) is 0 Å². The number of benzene rings is 1. The van der Waals surface area contributed by atoms with Crippen molar-refractivity contribution in [2.75, 3.05) is 19.6 Å². The Hall–Kier alpha value is -1.74. The van der Waals surface area contributed by atoms with Crippen LogP contribution < -0.4 is 5.32 Å². The summed E-state index contributed by atoms with van der Waals surface area (Å²) in [5.74, 6) is -0.229. The number of nitrogens with one attached hydrogen (secondary N) is 1. The fourth-order valence-electron chi connectivity index (χ4n) is 3.80. The third-order valence-electron chi connectivity index (χ3n) is 5.52. The zero-order valence-corrected chi connectivity index (χ0v) is 18.0. The van der Waals surface area contributed by atoms with Gasteiger partial charge in [0, 0.05) is 24.0 Å². The largest absolute Gasteiger partial charge is 0.350 e. The predicted molar refractivity (Wildman–Crippen MR) is 115 cm³/mol. The van der Waals surface area contributed by atoms with E-state index in [4.69, 9.17) is 0 Å². The zero-order chi connectivity index (χ0) is 20.3.